The van der Waals surface area contributed by atoms with Crippen LogP contribution < -0.4 is 10.0 Å². The van der Waals surface area contributed by atoms with Crippen LogP contribution in [0.3, 0.4) is 0 Å². The van der Waals surface area contributed by atoms with Crippen LogP contribution in [-0.4, -0.2) is 60.2 Å². The van der Waals surface area contributed by atoms with Gasteiger partial charge < -0.3 is 15.0 Å². The SMILES string of the molecule is CN=C(NCc1ccc(S(=O)(=O)NC)cc1)N(C)CCOCC1CC1. The molecule has 1 saturated carbocycles. The van der Waals surface area contributed by atoms with E-state index in [2.05, 4.69) is 15.0 Å². The molecule has 0 bridgehead atoms. The van der Waals surface area contributed by atoms with Crippen molar-refractivity contribution in [1.29, 1.82) is 0 Å². The molecule has 0 saturated heterocycles. The van der Waals surface area contributed by atoms with Crippen molar-refractivity contribution in [1.82, 2.24) is 14.9 Å². The highest BCUT2D eigenvalue weighted by Crippen LogP contribution is 2.28. The molecule has 7 nitrogen and oxygen atoms in total. The Morgan fingerprint density at radius 1 is 1.32 bits per heavy atom. The number of benzene rings is 1. The highest BCUT2D eigenvalue weighted by Gasteiger charge is 2.21. The molecule has 0 unspecified atom stereocenters. The van der Waals surface area contributed by atoms with Crippen molar-refractivity contribution in [3.05, 3.63) is 29.8 Å². The molecule has 1 aliphatic carbocycles. The quantitative estimate of drug-likeness (QED) is 0.386. The van der Waals surface area contributed by atoms with Crippen LogP contribution in [-0.2, 0) is 21.3 Å². The third-order valence-electron chi connectivity index (χ3n) is 4.15. The molecule has 0 heterocycles. The van der Waals surface area contributed by atoms with Crippen LogP contribution in [0.5, 0.6) is 0 Å². The summed E-state index contributed by atoms with van der Waals surface area (Å²) >= 11 is 0. The minimum absolute atomic E-state index is 0.257. The van der Waals surface area contributed by atoms with Gasteiger partial charge in [0.1, 0.15) is 0 Å². The smallest absolute Gasteiger partial charge is 0.240 e. The molecule has 2 N–H and O–H groups in total. The molecule has 0 spiro atoms. The molecule has 0 amide bonds. The van der Waals surface area contributed by atoms with Crippen molar-refractivity contribution in [2.45, 2.75) is 24.3 Å². The normalized spacial score (nSPS) is 15.2. The predicted molar refractivity (Wildman–Crippen MR) is 99.1 cm³/mol. The summed E-state index contributed by atoms with van der Waals surface area (Å²) in [6.07, 6.45) is 2.60. The second-order valence-electron chi connectivity index (χ2n) is 6.19. The number of hydrogen-bond acceptors (Lipinski definition) is 4. The lowest BCUT2D eigenvalue weighted by molar-refractivity contribution is 0.115. The number of sulfonamides is 1. The summed E-state index contributed by atoms with van der Waals surface area (Å²) in [5.74, 6) is 1.55. The molecule has 1 aliphatic rings. The highest BCUT2D eigenvalue weighted by molar-refractivity contribution is 7.89. The monoisotopic (exact) mass is 368 g/mol. The van der Waals surface area contributed by atoms with Crippen molar-refractivity contribution < 1.29 is 13.2 Å². The highest BCUT2D eigenvalue weighted by atomic mass is 32.2. The first-order chi connectivity index (χ1) is 12.0. The van der Waals surface area contributed by atoms with Crippen molar-refractivity contribution in [2.75, 3.05) is 40.9 Å². The largest absolute Gasteiger partial charge is 0.379 e. The predicted octanol–water partition coefficient (Wildman–Crippen LogP) is 1.03. The van der Waals surface area contributed by atoms with E-state index in [-0.39, 0.29) is 4.90 Å². The van der Waals surface area contributed by atoms with Gasteiger partial charge in [-0.15, -0.1) is 0 Å². The zero-order chi connectivity index (χ0) is 18.3. The standard InChI is InChI=1S/C17H28N4O3S/c1-18-17(21(3)10-11-24-13-15-4-5-15)20-12-14-6-8-16(9-7-14)25(22,23)19-2/h6-9,15,19H,4-5,10-13H2,1-3H3,(H,18,20). The molecule has 1 aromatic carbocycles. The number of hydrogen-bond donors (Lipinski definition) is 2. The lowest BCUT2D eigenvalue weighted by Gasteiger charge is -2.22. The van der Waals surface area contributed by atoms with E-state index in [0.29, 0.717) is 13.2 Å². The topological polar surface area (TPSA) is 83.0 Å². The maximum absolute atomic E-state index is 11.7. The zero-order valence-corrected chi connectivity index (χ0v) is 16.0. The summed E-state index contributed by atoms with van der Waals surface area (Å²) in [4.78, 5) is 6.55. The number of rotatable bonds is 9. The van der Waals surface area contributed by atoms with E-state index >= 15 is 0 Å². The number of aliphatic imine (C=N–C) groups is 1. The zero-order valence-electron chi connectivity index (χ0n) is 15.2. The Morgan fingerprint density at radius 2 is 2.00 bits per heavy atom. The van der Waals surface area contributed by atoms with Gasteiger partial charge in [-0.3, -0.25) is 4.99 Å². The maximum Gasteiger partial charge on any atom is 0.240 e. The van der Waals surface area contributed by atoms with Gasteiger partial charge in [0.15, 0.2) is 5.96 Å². The Balaban J connectivity index is 1.79. The molecule has 0 atom stereocenters. The summed E-state index contributed by atoms with van der Waals surface area (Å²) in [6.45, 7) is 2.89. The van der Waals surface area contributed by atoms with Gasteiger partial charge in [0.05, 0.1) is 11.5 Å². The number of nitrogens with zero attached hydrogens (tertiary/aromatic N) is 2. The number of likely N-dealkylation sites (N-methyl/N-ethyl adjacent to an activating group) is 1. The van der Waals surface area contributed by atoms with Gasteiger partial charge in [0.25, 0.3) is 0 Å². The second-order valence-corrected chi connectivity index (χ2v) is 8.08. The Hall–Kier alpha value is -1.64. The van der Waals surface area contributed by atoms with E-state index < -0.39 is 10.0 Å². The van der Waals surface area contributed by atoms with E-state index in [1.165, 1.54) is 19.9 Å². The Bertz CT molecular complexity index is 670. The fraction of sp³-hybridized carbons (Fsp3) is 0.588. The molecule has 1 aromatic rings. The number of nitrogens with one attached hydrogen (secondary N) is 2. The van der Waals surface area contributed by atoms with E-state index in [4.69, 9.17) is 4.74 Å². The average molecular weight is 369 g/mol. The van der Waals surface area contributed by atoms with Gasteiger partial charge in [0.2, 0.25) is 10.0 Å². The summed E-state index contributed by atoms with van der Waals surface area (Å²) in [5, 5.41) is 3.27. The van der Waals surface area contributed by atoms with Gasteiger partial charge in [-0.05, 0) is 43.5 Å². The molecule has 2 rings (SSSR count). The molecule has 1 fully saturated rings. The molecule has 8 heteroatoms. The van der Waals surface area contributed by atoms with Gasteiger partial charge in [-0.25, -0.2) is 13.1 Å². The van der Waals surface area contributed by atoms with Crippen LogP contribution >= 0.6 is 0 Å². The molecule has 140 valence electrons. The van der Waals surface area contributed by atoms with E-state index in [0.717, 1.165) is 30.6 Å². The molecule has 0 radical (unpaired) electrons. The van der Waals surface area contributed by atoms with Crippen LogP contribution in [0.4, 0.5) is 0 Å². The van der Waals surface area contributed by atoms with Crippen molar-refractivity contribution >= 4 is 16.0 Å². The fourth-order valence-electron chi connectivity index (χ4n) is 2.31. The first-order valence-corrected chi connectivity index (χ1v) is 9.96. The average Bonchev–Trinajstić information content (AvgIpc) is 3.44. The fourth-order valence-corrected chi connectivity index (χ4v) is 3.04. The van der Waals surface area contributed by atoms with Crippen LogP contribution in [0, 0.1) is 5.92 Å². The minimum Gasteiger partial charge on any atom is -0.379 e. The van der Waals surface area contributed by atoms with Crippen molar-refractivity contribution in [3.63, 3.8) is 0 Å². The summed E-state index contributed by atoms with van der Waals surface area (Å²) in [7, 11) is 1.72. The number of guanidine groups is 1. The van der Waals surface area contributed by atoms with Gasteiger partial charge in [-0.1, -0.05) is 12.1 Å². The van der Waals surface area contributed by atoms with Crippen molar-refractivity contribution in [2.24, 2.45) is 10.9 Å². The summed E-state index contributed by atoms with van der Waals surface area (Å²) < 4.78 is 31.4. The second kappa shape index (κ2) is 9.17. The molecule has 0 aliphatic heterocycles. The molecular weight excluding hydrogens is 340 g/mol. The van der Waals surface area contributed by atoms with Gasteiger partial charge in [0, 0.05) is 33.8 Å². The summed E-state index contributed by atoms with van der Waals surface area (Å²) in [5.41, 5.74) is 0.981. The van der Waals surface area contributed by atoms with Crippen LogP contribution in [0.1, 0.15) is 18.4 Å². The first-order valence-electron chi connectivity index (χ1n) is 8.48. The molecule has 25 heavy (non-hydrogen) atoms. The first kappa shape index (κ1) is 19.7. The number of ether oxygens (including phenoxy) is 1. The summed E-state index contributed by atoms with van der Waals surface area (Å²) in [6, 6.07) is 6.79. The Labute approximate surface area is 150 Å². The molecule has 0 aromatic heterocycles. The van der Waals surface area contributed by atoms with Crippen LogP contribution in [0.25, 0.3) is 0 Å². The van der Waals surface area contributed by atoms with Crippen LogP contribution in [0.15, 0.2) is 34.2 Å². The third kappa shape index (κ3) is 6.30. The minimum atomic E-state index is -3.40. The maximum atomic E-state index is 11.7. The van der Waals surface area contributed by atoms with E-state index in [1.54, 1.807) is 31.3 Å². The van der Waals surface area contributed by atoms with Gasteiger partial charge in [-0.2, -0.15) is 0 Å². The van der Waals surface area contributed by atoms with Crippen molar-refractivity contribution in [3.8, 4) is 0 Å². The lowest BCUT2D eigenvalue weighted by Crippen LogP contribution is -2.40. The Kier molecular flexibility index (Phi) is 7.22. The third-order valence-corrected chi connectivity index (χ3v) is 5.58. The van der Waals surface area contributed by atoms with Crippen LogP contribution in [0.2, 0.25) is 0 Å². The van der Waals surface area contributed by atoms with E-state index in [9.17, 15) is 8.42 Å². The Morgan fingerprint density at radius 3 is 2.56 bits per heavy atom. The van der Waals surface area contributed by atoms with Gasteiger partial charge >= 0.3 is 0 Å². The lowest BCUT2D eigenvalue weighted by atomic mass is 10.2. The molecular formula is C17H28N4O3S. The van der Waals surface area contributed by atoms with E-state index in [1.807, 2.05) is 11.9 Å².